The van der Waals surface area contributed by atoms with E-state index in [4.69, 9.17) is 11.6 Å². The Morgan fingerprint density at radius 3 is 2.74 bits per heavy atom. The number of aromatic nitrogens is 2. The number of hydrogen-bond donors (Lipinski definition) is 0. The van der Waals surface area contributed by atoms with Crippen molar-refractivity contribution in [3.05, 3.63) is 64.3 Å². The molecule has 0 atom stereocenters. The lowest BCUT2D eigenvalue weighted by Gasteiger charge is -2.07. The lowest BCUT2D eigenvalue weighted by molar-refractivity contribution is 0.0977. The molecule has 1 aromatic heterocycles. The Morgan fingerprint density at radius 2 is 2.00 bits per heavy atom. The van der Waals surface area contributed by atoms with Gasteiger partial charge in [-0.1, -0.05) is 48.9 Å². The molecule has 0 aliphatic carbocycles. The molecule has 0 N–H and O–H groups in total. The number of carbonyl (C=O) groups is 1. The van der Waals surface area contributed by atoms with E-state index < -0.39 is 0 Å². The van der Waals surface area contributed by atoms with E-state index in [0.717, 1.165) is 33.5 Å². The number of para-hydroxylation sites is 1. The highest BCUT2D eigenvalue weighted by Gasteiger charge is 2.16. The maximum Gasteiger partial charge on any atom is 0.183 e. The summed E-state index contributed by atoms with van der Waals surface area (Å²) in [7, 11) is 0. The maximum atomic E-state index is 12.3. The van der Waals surface area contributed by atoms with E-state index in [9.17, 15) is 4.79 Å². The van der Waals surface area contributed by atoms with Crippen LogP contribution in [0.2, 0.25) is 5.02 Å². The van der Waals surface area contributed by atoms with E-state index in [0.29, 0.717) is 18.7 Å². The first-order chi connectivity index (χ1) is 11.1. The van der Waals surface area contributed by atoms with Crippen molar-refractivity contribution in [2.45, 2.75) is 33.2 Å². The van der Waals surface area contributed by atoms with E-state index in [1.54, 1.807) is 0 Å². The Hall–Kier alpha value is -2.13. The summed E-state index contributed by atoms with van der Waals surface area (Å²) in [5.41, 5.74) is 3.65. The molecule has 3 rings (SSSR count). The van der Waals surface area contributed by atoms with Crippen molar-refractivity contribution < 1.29 is 4.79 Å². The molecular formula is C19H19ClN2O. The normalized spacial score (nSPS) is 11.1. The van der Waals surface area contributed by atoms with E-state index in [1.807, 2.05) is 61.0 Å². The van der Waals surface area contributed by atoms with Crippen LogP contribution in [0.1, 0.15) is 41.4 Å². The largest absolute Gasteiger partial charge is 0.292 e. The molecule has 0 saturated carbocycles. The first-order valence-electron chi connectivity index (χ1n) is 7.84. The topological polar surface area (TPSA) is 34.9 Å². The van der Waals surface area contributed by atoms with Crippen LogP contribution in [0.4, 0.5) is 0 Å². The smallest absolute Gasteiger partial charge is 0.183 e. The van der Waals surface area contributed by atoms with Crippen LogP contribution in [0.3, 0.4) is 0 Å². The number of benzene rings is 2. The van der Waals surface area contributed by atoms with Gasteiger partial charge in [-0.25, -0.2) is 0 Å². The lowest BCUT2D eigenvalue weighted by atomic mass is 10.1. The molecule has 4 heteroatoms. The van der Waals surface area contributed by atoms with Gasteiger partial charge < -0.3 is 0 Å². The predicted molar refractivity (Wildman–Crippen MR) is 94.3 cm³/mol. The molecule has 0 unspecified atom stereocenters. The lowest BCUT2D eigenvalue weighted by Crippen LogP contribution is -2.05. The highest BCUT2D eigenvalue weighted by molar-refractivity contribution is 6.31. The van der Waals surface area contributed by atoms with Crippen LogP contribution in [0.25, 0.3) is 10.9 Å². The molecule has 0 radical (unpaired) electrons. The minimum atomic E-state index is 0.0949. The minimum absolute atomic E-state index is 0.0949. The molecule has 2 aromatic carbocycles. The first-order valence-corrected chi connectivity index (χ1v) is 8.21. The third-order valence-electron chi connectivity index (χ3n) is 3.93. The van der Waals surface area contributed by atoms with Crippen molar-refractivity contribution in [1.29, 1.82) is 0 Å². The Balaban J connectivity index is 2.05. The van der Waals surface area contributed by atoms with Gasteiger partial charge in [-0.2, -0.15) is 5.10 Å². The number of fused-ring (bicyclic) bond motifs is 1. The second-order valence-electron chi connectivity index (χ2n) is 5.79. The van der Waals surface area contributed by atoms with Crippen LogP contribution in [0, 0.1) is 6.92 Å². The molecule has 0 amide bonds. The molecule has 0 aliphatic rings. The first kappa shape index (κ1) is 15.8. The van der Waals surface area contributed by atoms with Gasteiger partial charge in [0.15, 0.2) is 5.78 Å². The minimum Gasteiger partial charge on any atom is -0.292 e. The van der Waals surface area contributed by atoms with E-state index in [2.05, 4.69) is 5.10 Å². The molecule has 23 heavy (non-hydrogen) atoms. The van der Waals surface area contributed by atoms with Gasteiger partial charge in [0.05, 0.1) is 12.1 Å². The summed E-state index contributed by atoms with van der Waals surface area (Å²) in [5.74, 6) is 0.0949. The third kappa shape index (κ3) is 3.15. The molecule has 0 spiro atoms. The van der Waals surface area contributed by atoms with Crippen molar-refractivity contribution in [3.63, 3.8) is 0 Å². The van der Waals surface area contributed by atoms with Gasteiger partial charge in [0.25, 0.3) is 0 Å². The molecule has 0 bridgehead atoms. The molecule has 3 nitrogen and oxygen atoms in total. The van der Waals surface area contributed by atoms with Gasteiger partial charge in [-0.05, 0) is 36.6 Å². The van der Waals surface area contributed by atoms with Gasteiger partial charge in [-0.15, -0.1) is 0 Å². The number of halogens is 1. The zero-order valence-corrected chi connectivity index (χ0v) is 14.1. The number of hydrogen-bond acceptors (Lipinski definition) is 2. The Labute approximate surface area is 140 Å². The van der Waals surface area contributed by atoms with Crippen molar-refractivity contribution in [1.82, 2.24) is 9.78 Å². The molecule has 0 saturated heterocycles. The summed E-state index contributed by atoms with van der Waals surface area (Å²) in [4.78, 5) is 12.3. The van der Waals surface area contributed by atoms with Crippen LogP contribution in [-0.2, 0) is 6.54 Å². The summed E-state index contributed by atoms with van der Waals surface area (Å²) in [6.07, 6.45) is 1.34. The van der Waals surface area contributed by atoms with Crippen molar-refractivity contribution >= 4 is 28.3 Å². The Morgan fingerprint density at radius 1 is 1.22 bits per heavy atom. The Kier molecular flexibility index (Phi) is 4.49. The summed E-state index contributed by atoms with van der Waals surface area (Å²) < 4.78 is 1.87. The van der Waals surface area contributed by atoms with E-state index in [-0.39, 0.29) is 5.78 Å². The molecular weight excluding hydrogens is 308 g/mol. The summed E-state index contributed by atoms with van der Waals surface area (Å²) in [5, 5.41) is 6.21. The second kappa shape index (κ2) is 6.55. The SMILES string of the molecule is CCCC(=O)c1nn(Cc2ccc(C)cc2Cl)c2ccccc12. The zero-order valence-electron chi connectivity index (χ0n) is 13.3. The van der Waals surface area contributed by atoms with Gasteiger partial charge in [0.1, 0.15) is 5.69 Å². The molecule has 0 aliphatic heterocycles. The van der Waals surface area contributed by atoms with E-state index in [1.165, 1.54) is 0 Å². The van der Waals surface area contributed by atoms with Crippen LogP contribution in [0.5, 0.6) is 0 Å². The second-order valence-corrected chi connectivity index (χ2v) is 6.20. The average Bonchev–Trinajstić information content (AvgIpc) is 2.89. The van der Waals surface area contributed by atoms with Crippen molar-refractivity contribution in [2.75, 3.05) is 0 Å². The summed E-state index contributed by atoms with van der Waals surface area (Å²) in [6, 6.07) is 13.9. The van der Waals surface area contributed by atoms with Gasteiger partial charge in [-0.3, -0.25) is 9.48 Å². The standard InChI is InChI=1S/C19H19ClN2O/c1-3-6-18(23)19-15-7-4-5-8-17(15)22(21-19)12-14-10-9-13(2)11-16(14)20/h4-5,7-11H,3,6,12H2,1-2H3. The summed E-state index contributed by atoms with van der Waals surface area (Å²) >= 11 is 6.34. The van der Waals surface area contributed by atoms with Gasteiger partial charge >= 0.3 is 0 Å². The van der Waals surface area contributed by atoms with Gasteiger partial charge in [0.2, 0.25) is 0 Å². The third-order valence-corrected chi connectivity index (χ3v) is 4.28. The number of carbonyl (C=O) groups excluding carboxylic acids is 1. The molecule has 3 aromatic rings. The fourth-order valence-electron chi connectivity index (χ4n) is 2.74. The quantitative estimate of drug-likeness (QED) is 0.616. The molecule has 1 heterocycles. The van der Waals surface area contributed by atoms with E-state index >= 15 is 0 Å². The number of rotatable bonds is 5. The van der Waals surface area contributed by atoms with Crippen LogP contribution in [0.15, 0.2) is 42.5 Å². The monoisotopic (exact) mass is 326 g/mol. The maximum absolute atomic E-state index is 12.3. The van der Waals surface area contributed by atoms with Crippen LogP contribution in [-0.4, -0.2) is 15.6 Å². The molecule has 118 valence electrons. The Bertz CT molecular complexity index is 867. The number of ketones is 1. The average molecular weight is 327 g/mol. The number of Topliss-reactive ketones (excluding diaryl/α,β-unsaturated/α-hetero) is 1. The zero-order chi connectivity index (χ0) is 16.4. The predicted octanol–water partition coefficient (Wildman–Crippen LogP) is 5.03. The van der Waals surface area contributed by atoms with Gasteiger partial charge in [0, 0.05) is 16.8 Å². The fourth-order valence-corrected chi connectivity index (χ4v) is 3.04. The summed E-state index contributed by atoms with van der Waals surface area (Å²) in [6.45, 7) is 4.57. The fraction of sp³-hybridized carbons (Fsp3) is 0.263. The number of aryl methyl sites for hydroxylation is 1. The van der Waals surface area contributed by atoms with Crippen molar-refractivity contribution in [3.8, 4) is 0 Å². The highest BCUT2D eigenvalue weighted by Crippen LogP contribution is 2.24. The van der Waals surface area contributed by atoms with Crippen molar-refractivity contribution in [2.24, 2.45) is 0 Å². The number of nitrogens with zero attached hydrogens (tertiary/aromatic N) is 2. The van der Waals surface area contributed by atoms with Crippen LogP contribution < -0.4 is 0 Å². The highest BCUT2D eigenvalue weighted by atomic mass is 35.5. The molecule has 0 fully saturated rings. The van der Waals surface area contributed by atoms with Crippen LogP contribution >= 0.6 is 11.6 Å².